The summed E-state index contributed by atoms with van der Waals surface area (Å²) in [5, 5.41) is 10.1. The number of carbonyl (C=O) groups is 2. The lowest BCUT2D eigenvalue weighted by molar-refractivity contribution is -0.121. The molecular formula is C22H25N3O4S2. The molecule has 0 bridgehead atoms. The number of ether oxygens (including phenoxy) is 2. The zero-order valence-corrected chi connectivity index (χ0v) is 19.1. The number of nitrogens with zero attached hydrogens (tertiary/aromatic N) is 1. The fraction of sp³-hybridized carbons (Fsp3) is 0.318. The van der Waals surface area contributed by atoms with E-state index in [9.17, 15) is 9.59 Å². The van der Waals surface area contributed by atoms with Crippen LogP contribution in [0.3, 0.4) is 0 Å². The van der Waals surface area contributed by atoms with Crippen molar-refractivity contribution in [2.75, 3.05) is 14.2 Å². The minimum atomic E-state index is -0.283. The number of carbonyl (C=O) groups excluding carboxylic acids is 2. The first kappa shape index (κ1) is 22.8. The maximum atomic E-state index is 12.5. The highest BCUT2D eigenvalue weighted by Gasteiger charge is 2.14. The molecule has 164 valence electrons. The Morgan fingerprint density at radius 2 is 1.90 bits per heavy atom. The number of hydrogen-bond acceptors (Lipinski definition) is 7. The molecule has 2 heterocycles. The Kier molecular flexibility index (Phi) is 8.43. The first-order valence-electron chi connectivity index (χ1n) is 9.82. The van der Waals surface area contributed by atoms with Crippen molar-refractivity contribution in [3.63, 3.8) is 0 Å². The molecule has 0 spiro atoms. The lowest BCUT2D eigenvalue weighted by Gasteiger charge is -2.12. The molecule has 9 heteroatoms. The summed E-state index contributed by atoms with van der Waals surface area (Å²) in [5.41, 5.74) is 1.13. The van der Waals surface area contributed by atoms with E-state index in [1.54, 1.807) is 37.0 Å². The predicted octanol–water partition coefficient (Wildman–Crippen LogP) is 3.79. The third kappa shape index (κ3) is 6.53. The quantitative estimate of drug-likeness (QED) is 0.455. The number of amides is 2. The molecule has 0 unspecified atom stereocenters. The standard InChI is InChI=1S/C22H25N3O4S2/c1-28-18-9-3-6-15(21(18)29-2)12-24-22(27)17-14-31-20(25-17)13-23-19(26)10-4-7-16-8-5-11-30-16/h3,5-6,8-9,11,14H,4,7,10,12-13H2,1-2H3,(H,23,26)(H,24,27). The Hall–Kier alpha value is -2.91. The van der Waals surface area contributed by atoms with Crippen LogP contribution in [-0.2, 0) is 24.3 Å². The van der Waals surface area contributed by atoms with Crippen LogP contribution in [0.1, 0.15) is 38.8 Å². The monoisotopic (exact) mass is 459 g/mol. The molecule has 0 radical (unpaired) electrons. The van der Waals surface area contributed by atoms with Gasteiger partial charge in [0.05, 0.1) is 20.8 Å². The van der Waals surface area contributed by atoms with Gasteiger partial charge in [0.1, 0.15) is 10.7 Å². The van der Waals surface area contributed by atoms with E-state index in [1.165, 1.54) is 16.2 Å². The molecule has 31 heavy (non-hydrogen) atoms. The molecule has 0 saturated carbocycles. The van der Waals surface area contributed by atoms with E-state index in [2.05, 4.69) is 21.7 Å². The van der Waals surface area contributed by atoms with E-state index < -0.39 is 0 Å². The van der Waals surface area contributed by atoms with Gasteiger partial charge in [0.2, 0.25) is 5.91 Å². The molecule has 0 saturated heterocycles. The van der Waals surface area contributed by atoms with Gasteiger partial charge in [-0.25, -0.2) is 4.98 Å². The van der Waals surface area contributed by atoms with Crippen LogP contribution >= 0.6 is 22.7 Å². The van der Waals surface area contributed by atoms with Crippen LogP contribution in [0.15, 0.2) is 41.1 Å². The Balaban J connectivity index is 1.44. The van der Waals surface area contributed by atoms with Gasteiger partial charge in [0, 0.05) is 28.8 Å². The SMILES string of the molecule is COc1cccc(CNC(=O)c2csc(CNC(=O)CCCc3cccs3)n2)c1OC. The summed E-state index contributed by atoms with van der Waals surface area (Å²) >= 11 is 3.05. The lowest BCUT2D eigenvalue weighted by Crippen LogP contribution is -2.24. The van der Waals surface area contributed by atoms with Crippen LogP contribution in [0.4, 0.5) is 0 Å². The molecule has 0 aliphatic carbocycles. The predicted molar refractivity (Wildman–Crippen MR) is 122 cm³/mol. The molecule has 2 amide bonds. The normalized spacial score (nSPS) is 10.5. The number of thiophene rings is 1. The highest BCUT2D eigenvalue weighted by molar-refractivity contribution is 7.10. The van der Waals surface area contributed by atoms with E-state index in [0.29, 0.717) is 35.2 Å². The number of rotatable bonds is 11. The van der Waals surface area contributed by atoms with Crippen LogP contribution in [0.5, 0.6) is 11.5 Å². The van der Waals surface area contributed by atoms with E-state index in [-0.39, 0.29) is 18.4 Å². The Bertz CT molecular complexity index is 1000. The van der Waals surface area contributed by atoms with E-state index >= 15 is 0 Å². The van der Waals surface area contributed by atoms with Gasteiger partial charge < -0.3 is 20.1 Å². The number of methoxy groups -OCH3 is 2. The molecule has 3 rings (SSSR count). The van der Waals surface area contributed by atoms with Gasteiger partial charge in [-0.15, -0.1) is 22.7 Å². The minimum Gasteiger partial charge on any atom is -0.493 e. The molecule has 0 atom stereocenters. The molecule has 2 aromatic heterocycles. The average Bonchev–Trinajstić information content (AvgIpc) is 3.48. The first-order chi connectivity index (χ1) is 15.1. The van der Waals surface area contributed by atoms with E-state index in [0.717, 1.165) is 18.4 Å². The number of benzene rings is 1. The van der Waals surface area contributed by atoms with Gasteiger partial charge in [-0.05, 0) is 30.4 Å². The molecule has 0 aliphatic heterocycles. The second kappa shape index (κ2) is 11.5. The van der Waals surface area contributed by atoms with Gasteiger partial charge in [-0.2, -0.15) is 0 Å². The number of thiazole rings is 1. The summed E-state index contributed by atoms with van der Waals surface area (Å²) < 4.78 is 10.7. The molecule has 3 aromatic rings. The zero-order chi connectivity index (χ0) is 22.1. The first-order valence-corrected chi connectivity index (χ1v) is 11.6. The number of para-hydroxylation sites is 1. The largest absolute Gasteiger partial charge is 0.493 e. The number of aromatic nitrogens is 1. The Labute approximate surface area is 189 Å². The third-order valence-corrected chi connectivity index (χ3v) is 6.34. The lowest BCUT2D eigenvalue weighted by atomic mass is 10.2. The Morgan fingerprint density at radius 1 is 1.03 bits per heavy atom. The van der Waals surface area contributed by atoms with Crippen LogP contribution < -0.4 is 20.1 Å². The van der Waals surface area contributed by atoms with Crippen LogP contribution in [-0.4, -0.2) is 31.0 Å². The van der Waals surface area contributed by atoms with Crippen molar-refractivity contribution in [2.45, 2.75) is 32.4 Å². The summed E-state index contributed by atoms with van der Waals surface area (Å²) in [4.78, 5) is 30.1. The maximum absolute atomic E-state index is 12.5. The third-order valence-electron chi connectivity index (χ3n) is 4.55. The van der Waals surface area contributed by atoms with E-state index in [4.69, 9.17) is 9.47 Å². The summed E-state index contributed by atoms with van der Waals surface area (Å²) in [6.07, 6.45) is 2.19. The average molecular weight is 460 g/mol. The molecule has 0 aliphatic rings. The summed E-state index contributed by atoms with van der Waals surface area (Å²) in [6.45, 7) is 0.604. The second-order valence-corrected chi connectivity index (χ2v) is 8.65. The summed E-state index contributed by atoms with van der Waals surface area (Å²) in [6, 6.07) is 9.60. The van der Waals surface area contributed by atoms with Crippen molar-refractivity contribution < 1.29 is 19.1 Å². The van der Waals surface area contributed by atoms with Crippen molar-refractivity contribution in [1.82, 2.24) is 15.6 Å². The molecule has 7 nitrogen and oxygen atoms in total. The smallest absolute Gasteiger partial charge is 0.271 e. The summed E-state index contributed by atoms with van der Waals surface area (Å²) in [7, 11) is 3.13. The van der Waals surface area contributed by atoms with Gasteiger partial charge in [-0.3, -0.25) is 9.59 Å². The number of nitrogens with one attached hydrogen (secondary N) is 2. The topological polar surface area (TPSA) is 89.6 Å². The van der Waals surface area contributed by atoms with Gasteiger partial charge >= 0.3 is 0 Å². The van der Waals surface area contributed by atoms with Crippen molar-refractivity contribution in [2.24, 2.45) is 0 Å². The highest BCUT2D eigenvalue weighted by atomic mass is 32.1. The van der Waals surface area contributed by atoms with Crippen LogP contribution in [0, 0.1) is 0 Å². The zero-order valence-electron chi connectivity index (χ0n) is 17.5. The van der Waals surface area contributed by atoms with Crippen LogP contribution in [0.2, 0.25) is 0 Å². The van der Waals surface area contributed by atoms with Crippen molar-refractivity contribution in [1.29, 1.82) is 0 Å². The molecule has 0 fully saturated rings. The van der Waals surface area contributed by atoms with E-state index in [1.807, 2.05) is 23.6 Å². The summed E-state index contributed by atoms with van der Waals surface area (Å²) in [5.74, 6) is 0.903. The van der Waals surface area contributed by atoms with Crippen LogP contribution in [0.25, 0.3) is 0 Å². The molecule has 2 N–H and O–H groups in total. The van der Waals surface area contributed by atoms with Gasteiger partial charge in [-0.1, -0.05) is 18.2 Å². The Morgan fingerprint density at radius 3 is 2.65 bits per heavy atom. The van der Waals surface area contributed by atoms with Gasteiger partial charge in [0.15, 0.2) is 11.5 Å². The van der Waals surface area contributed by atoms with Crippen molar-refractivity contribution in [3.05, 3.63) is 62.2 Å². The number of hydrogen-bond donors (Lipinski definition) is 2. The second-order valence-electron chi connectivity index (χ2n) is 6.67. The maximum Gasteiger partial charge on any atom is 0.271 e. The fourth-order valence-corrected chi connectivity index (χ4v) is 4.46. The van der Waals surface area contributed by atoms with Crippen molar-refractivity contribution in [3.8, 4) is 11.5 Å². The number of aryl methyl sites for hydroxylation is 1. The fourth-order valence-electron chi connectivity index (χ4n) is 3.00. The minimum absolute atomic E-state index is 0.0112. The van der Waals surface area contributed by atoms with Crippen molar-refractivity contribution >= 4 is 34.5 Å². The molecular weight excluding hydrogens is 434 g/mol. The highest BCUT2D eigenvalue weighted by Crippen LogP contribution is 2.30. The molecule has 1 aromatic carbocycles. The van der Waals surface area contributed by atoms with Gasteiger partial charge in [0.25, 0.3) is 5.91 Å².